The number of hydrogen-bond donors (Lipinski definition) is 12. The molecule has 1 heterocycles. The number of amides is 6. The Morgan fingerprint density at radius 1 is 0.784 bits per heavy atom. The van der Waals surface area contributed by atoms with Crippen LogP contribution in [-0.4, -0.2) is 135 Å². The van der Waals surface area contributed by atoms with E-state index in [-0.39, 0.29) is 12.3 Å². The fourth-order valence-corrected chi connectivity index (χ4v) is 5.13. The lowest BCUT2D eigenvalue weighted by Crippen LogP contribution is -2.61. The van der Waals surface area contributed by atoms with Crippen molar-refractivity contribution < 1.29 is 58.8 Å². The van der Waals surface area contributed by atoms with Gasteiger partial charge in [0.1, 0.15) is 36.3 Å². The summed E-state index contributed by atoms with van der Waals surface area (Å²) in [5, 5.41) is 54.5. The van der Waals surface area contributed by atoms with Crippen molar-refractivity contribution in [3.63, 3.8) is 0 Å². The lowest BCUT2D eigenvalue weighted by atomic mass is 10.0. The van der Waals surface area contributed by atoms with Crippen LogP contribution in [0.25, 0.3) is 0 Å². The van der Waals surface area contributed by atoms with Crippen molar-refractivity contribution in [3.05, 3.63) is 35.9 Å². The number of carboxylic acids is 2. The highest BCUT2D eigenvalue weighted by atomic mass is 32.1. The summed E-state index contributed by atoms with van der Waals surface area (Å²) in [7, 11) is 0. The fraction of sp³-hybridized carbons (Fsp3) is 0.548. The van der Waals surface area contributed by atoms with Gasteiger partial charge in [0.05, 0.1) is 25.2 Å². The van der Waals surface area contributed by atoms with Crippen LogP contribution < -0.4 is 37.2 Å². The molecule has 1 aliphatic heterocycles. The maximum Gasteiger partial charge on any atom is 0.328 e. The van der Waals surface area contributed by atoms with Crippen molar-refractivity contribution in [2.45, 2.75) is 87.9 Å². The van der Waals surface area contributed by atoms with Crippen molar-refractivity contribution in [1.82, 2.24) is 37.2 Å². The zero-order valence-electron chi connectivity index (χ0n) is 28.0. The molecule has 0 spiro atoms. The van der Waals surface area contributed by atoms with Crippen molar-refractivity contribution in [2.75, 3.05) is 18.9 Å². The summed E-state index contributed by atoms with van der Waals surface area (Å²) in [5.41, 5.74) is 0.743. The molecule has 0 radical (unpaired) electrons. The van der Waals surface area contributed by atoms with Crippen molar-refractivity contribution in [2.24, 2.45) is 0 Å². The van der Waals surface area contributed by atoms with Crippen LogP contribution >= 0.6 is 12.6 Å². The summed E-state index contributed by atoms with van der Waals surface area (Å²) in [6.07, 6.45) is -1.03. The number of nitrogens with one attached hydrogen (secondary N) is 7. The Bertz CT molecular complexity index is 1410. The van der Waals surface area contributed by atoms with E-state index in [0.717, 1.165) is 12.0 Å². The highest BCUT2D eigenvalue weighted by molar-refractivity contribution is 7.80. The van der Waals surface area contributed by atoms with Crippen molar-refractivity contribution in [3.8, 4) is 0 Å². The average molecular weight is 740 g/mol. The maximum absolute atomic E-state index is 13.3. The van der Waals surface area contributed by atoms with E-state index in [4.69, 9.17) is 10.2 Å². The molecule has 1 aromatic carbocycles. The second-order valence-electron chi connectivity index (χ2n) is 11.8. The normalized spacial score (nSPS) is 17.9. The van der Waals surface area contributed by atoms with E-state index in [1.807, 2.05) is 5.32 Å². The Labute approximate surface area is 298 Å². The number of thiol groups is 1. The molecule has 1 fully saturated rings. The van der Waals surface area contributed by atoms with E-state index in [9.17, 15) is 48.6 Å². The number of aliphatic carboxylic acids is 2. The van der Waals surface area contributed by atoms with Gasteiger partial charge >= 0.3 is 11.9 Å². The third-order valence-corrected chi connectivity index (χ3v) is 8.10. The number of hydrogen-bond acceptors (Lipinski definition) is 12. The van der Waals surface area contributed by atoms with E-state index < -0.39 is 109 Å². The Morgan fingerprint density at radius 3 is 1.90 bits per heavy atom. The molecule has 0 unspecified atom stereocenters. The van der Waals surface area contributed by atoms with Crippen LogP contribution in [-0.2, 0) is 44.8 Å². The molecule has 51 heavy (non-hydrogen) atoms. The standard InChI is InChI=1S/C31H45N7O12S/c1-15(33-27(45)19(11-17-7-4-3-5-8-17)34-26(44)18-9-6-10-32-18)25(43)38-24(16(2)40)30(48)37-22(14-51)29(47)35-20(12-23(41)42)28(46)36-21(13-39)31(49)50/h3-5,7-8,15-16,18-22,24,32,39-40,51H,6,9-14H2,1-2H3,(H,33,45)(H,34,44)(H,35,47)(H,36,46)(H,37,48)(H,38,43)(H,41,42)(H,49,50)/t15-,16+,18-,19-,20-,21-,22-,24-/m0/s1. The molecule has 282 valence electrons. The molecular formula is C31H45N7O12S. The summed E-state index contributed by atoms with van der Waals surface area (Å²) in [5.74, 6) is -9.01. The Kier molecular flexibility index (Phi) is 17.3. The number of carbonyl (C=O) groups is 8. The van der Waals surface area contributed by atoms with Crippen LogP contribution in [0.3, 0.4) is 0 Å². The Hall–Kier alpha value is -4.79. The van der Waals surface area contributed by atoms with Gasteiger partial charge in [0.15, 0.2) is 0 Å². The number of aliphatic hydroxyl groups is 2. The first kappa shape index (κ1) is 42.4. The minimum absolute atomic E-state index is 0.113. The number of benzene rings is 1. The largest absolute Gasteiger partial charge is 0.481 e. The number of carboxylic acid groups (broad SMARTS) is 2. The van der Waals surface area contributed by atoms with Gasteiger partial charge in [-0.3, -0.25) is 33.6 Å². The molecule has 19 nitrogen and oxygen atoms in total. The first-order valence-electron chi connectivity index (χ1n) is 16.0. The van der Waals surface area contributed by atoms with Crippen molar-refractivity contribution >= 4 is 60.0 Å². The van der Waals surface area contributed by atoms with Crippen LogP contribution in [0.2, 0.25) is 0 Å². The molecule has 0 bridgehead atoms. The summed E-state index contributed by atoms with van der Waals surface area (Å²) >= 11 is 4.00. The van der Waals surface area contributed by atoms with Crippen molar-refractivity contribution in [1.29, 1.82) is 0 Å². The highest BCUT2D eigenvalue weighted by Crippen LogP contribution is 2.09. The predicted octanol–water partition coefficient (Wildman–Crippen LogP) is -4.23. The summed E-state index contributed by atoms with van der Waals surface area (Å²) in [4.78, 5) is 100. The molecule has 1 aromatic rings. The van der Waals surface area contributed by atoms with Crippen LogP contribution in [0.15, 0.2) is 30.3 Å². The van der Waals surface area contributed by atoms with Gasteiger partial charge in [0.25, 0.3) is 0 Å². The molecule has 6 amide bonds. The van der Waals surface area contributed by atoms with Gasteiger partial charge in [-0.05, 0) is 38.8 Å². The summed E-state index contributed by atoms with van der Waals surface area (Å²) < 4.78 is 0. The first-order chi connectivity index (χ1) is 24.1. The third kappa shape index (κ3) is 13.8. The zero-order valence-corrected chi connectivity index (χ0v) is 28.9. The maximum atomic E-state index is 13.3. The summed E-state index contributed by atoms with van der Waals surface area (Å²) in [6.45, 7) is 2.11. The smallest absolute Gasteiger partial charge is 0.328 e. The predicted molar refractivity (Wildman–Crippen MR) is 181 cm³/mol. The monoisotopic (exact) mass is 739 g/mol. The summed E-state index contributed by atoms with van der Waals surface area (Å²) in [6, 6.07) is -0.797. The second kappa shape index (κ2) is 20.8. The number of aliphatic hydroxyl groups excluding tert-OH is 2. The highest BCUT2D eigenvalue weighted by Gasteiger charge is 2.34. The van der Waals surface area contributed by atoms with Crippen LogP contribution in [0, 0.1) is 0 Å². The van der Waals surface area contributed by atoms with Gasteiger partial charge in [-0.1, -0.05) is 30.3 Å². The molecule has 11 N–H and O–H groups in total. The first-order valence-corrected chi connectivity index (χ1v) is 16.6. The fourth-order valence-electron chi connectivity index (χ4n) is 4.87. The van der Waals surface area contributed by atoms with E-state index in [1.165, 1.54) is 13.8 Å². The van der Waals surface area contributed by atoms with Crippen LogP contribution in [0.5, 0.6) is 0 Å². The lowest BCUT2D eigenvalue weighted by Gasteiger charge is -2.27. The van der Waals surface area contributed by atoms with E-state index in [1.54, 1.807) is 30.3 Å². The van der Waals surface area contributed by atoms with Gasteiger partial charge in [0.2, 0.25) is 35.4 Å². The minimum Gasteiger partial charge on any atom is -0.481 e. The Balaban J connectivity index is 2.10. The molecule has 8 atom stereocenters. The topological polar surface area (TPSA) is 302 Å². The number of carbonyl (C=O) groups excluding carboxylic acids is 6. The van der Waals surface area contributed by atoms with Gasteiger partial charge < -0.3 is 57.6 Å². The molecule has 0 aromatic heterocycles. The molecule has 2 rings (SSSR count). The average Bonchev–Trinajstić information content (AvgIpc) is 3.63. The SMILES string of the molecule is C[C@H](NC(=O)[C@H](Cc1ccccc1)NC(=O)[C@@H]1CCCN1)C(=O)N[C@H](C(=O)N[C@@H](CS)C(=O)N[C@@H](CC(=O)O)C(=O)N[C@@H](CO)C(=O)O)[C@@H](C)O. The second-order valence-corrected chi connectivity index (χ2v) is 12.2. The zero-order chi connectivity index (χ0) is 38.2. The molecule has 0 saturated carbocycles. The van der Waals surface area contributed by atoms with Gasteiger partial charge in [-0.25, -0.2) is 4.79 Å². The minimum atomic E-state index is -1.83. The van der Waals surface area contributed by atoms with Gasteiger partial charge in [-0.15, -0.1) is 0 Å². The molecule has 1 aliphatic rings. The van der Waals surface area contributed by atoms with Gasteiger partial charge in [-0.2, -0.15) is 12.6 Å². The quantitative estimate of drug-likeness (QED) is 0.0565. The number of rotatable bonds is 20. The van der Waals surface area contributed by atoms with E-state index >= 15 is 0 Å². The molecule has 1 saturated heterocycles. The third-order valence-electron chi connectivity index (χ3n) is 7.73. The van der Waals surface area contributed by atoms with Gasteiger partial charge in [0, 0.05) is 12.2 Å². The molecular weight excluding hydrogens is 694 g/mol. The molecule has 0 aliphatic carbocycles. The molecule has 20 heteroatoms. The Morgan fingerprint density at radius 2 is 1.37 bits per heavy atom. The lowest BCUT2D eigenvalue weighted by molar-refractivity contribution is -0.144. The van der Waals surface area contributed by atoms with Crippen LogP contribution in [0.1, 0.15) is 38.7 Å². The van der Waals surface area contributed by atoms with E-state index in [2.05, 4.69) is 44.5 Å². The van der Waals surface area contributed by atoms with Crippen LogP contribution in [0.4, 0.5) is 0 Å². The van der Waals surface area contributed by atoms with E-state index in [0.29, 0.717) is 13.0 Å².